The van der Waals surface area contributed by atoms with Gasteiger partial charge in [0.05, 0.1) is 23.8 Å². The van der Waals surface area contributed by atoms with E-state index in [-0.39, 0.29) is 11.1 Å². The molecule has 0 saturated carbocycles. The zero-order valence-electron chi connectivity index (χ0n) is 20.6. The van der Waals surface area contributed by atoms with Crippen molar-refractivity contribution >= 4 is 46.0 Å². The van der Waals surface area contributed by atoms with Gasteiger partial charge in [-0.3, -0.25) is 19.3 Å². The van der Waals surface area contributed by atoms with Crippen molar-refractivity contribution in [2.24, 2.45) is 11.8 Å². The second-order valence-electron chi connectivity index (χ2n) is 9.42. The second kappa shape index (κ2) is 10.2. The summed E-state index contributed by atoms with van der Waals surface area (Å²) in [5.41, 5.74) is 1.69. The molecule has 0 saturated heterocycles. The Morgan fingerprint density at radius 1 is 1.14 bits per heavy atom. The molecule has 9 nitrogen and oxygen atoms in total. The van der Waals surface area contributed by atoms with Gasteiger partial charge in [-0.2, -0.15) is 0 Å². The van der Waals surface area contributed by atoms with Crippen LogP contribution in [-0.2, 0) is 31.9 Å². The van der Waals surface area contributed by atoms with Crippen molar-refractivity contribution < 1.29 is 33.4 Å². The van der Waals surface area contributed by atoms with Crippen molar-refractivity contribution in [2.75, 3.05) is 19.0 Å². The number of imide groups is 1. The fraction of sp³-hybridized carbons (Fsp3) is 0.423. The molecule has 2 aromatic rings. The predicted octanol–water partition coefficient (Wildman–Crippen LogP) is 3.46. The minimum Gasteiger partial charge on any atom is -0.465 e. The van der Waals surface area contributed by atoms with Gasteiger partial charge in [0.25, 0.3) is 17.7 Å². The van der Waals surface area contributed by atoms with Crippen LogP contribution in [0.4, 0.5) is 5.00 Å². The molecule has 1 aliphatic heterocycles. The highest BCUT2D eigenvalue weighted by molar-refractivity contribution is 7.17. The topological polar surface area (TPSA) is 119 Å². The zero-order valence-corrected chi connectivity index (χ0v) is 21.4. The number of methoxy groups -OCH3 is 1. The molecule has 10 heteroatoms. The van der Waals surface area contributed by atoms with E-state index >= 15 is 0 Å². The van der Waals surface area contributed by atoms with Gasteiger partial charge in [0.2, 0.25) is 0 Å². The molecular weight excluding hydrogens is 484 g/mol. The van der Waals surface area contributed by atoms with Crippen LogP contribution < -0.4 is 5.32 Å². The van der Waals surface area contributed by atoms with E-state index < -0.39 is 48.2 Å². The zero-order chi connectivity index (χ0) is 26.1. The fourth-order valence-electron chi connectivity index (χ4n) is 4.68. The second-order valence-corrected chi connectivity index (χ2v) is 10.5. The number of esters is 2. The third-order valence-corrected chi connectivity index (χ3v) is 7.65. The quantitative estimate of drug-likeness (QED) is 0.446. The predicted molar refractivity (Wildman–Crippen MR) is 132 cm³/mol. The number of ether oxygens (including phenoxy) is 2. The number of nitrogens with one attached hydrogen (secondary N) is 1. The van der Waals surface area contributed by atoms with Crippen LogP contribution in [0.5, 0.6) is 0 Å². The molecule has 2 heterocycles. The van der Waals surface area contributed by atoms with Crippen molar-refractivity contribution in [2.45, 2.75) is 46.1 Å². The third-order valence-electron chi connectivity index (χ3n) is 6.48. The summed E-state index contributed by atoms with van der Waals surface area (Å²) in [5, 5.41) is 3.04. The lowest BCUT2D eigenvalue weighted by molar-refractivity contribution is -0.152. The lowest BCUT2D eigenvalue weighted by Gasteiger charge is -2.27. The summed E-state index contributed by atoms with van der Waals surface area (Å²) in [6.07, 6.45) is 2.47. The molecule has 0 bridgehead atoms. The van der Waals surface area contributed by atoms with Gasteiger partial charge in [-0.15, -0.1) is 11.3 Å². The summed E-state index contributed by atoms with van der Waals surface area (Å²) in [4.78, 5) is 65.8. The molecule has 1 N–H and O–H groups in total. The maximum atomic E-state index is 13.0. The molecule has 190 valence electrons. The summed E-state index contributed by atoms with van der Waals surface area (Å²) in [6, 6.07) is 5.17. The minimum atomic E-state index is -1.19. The Balaban J connectivity index is 1.46. The van der Waals surface area contributed by atoms with E-state index in [1.807, 2.05) is 0 Å². The number of hydrogen-bond donors (Lipinski definition) is 1. The molecule has 1 aromatic heterocycles. The first-order valence-electron chi connectivity index (χ1n) is 11.8. The molecule has 0 fully saturated rings. The summed E-state index contributed by atoms with van der Waals surface area (Å²) in [6.45, 7) is 4.88. The molecule has 0 spiro atoms. The highest BCUT2D eigenvalue weighted by atomic mass is 32.1. The Morgan fingerprint density at radius 3 is 2.36 bits per heavy atom. The largest absolute Gasteiger partial charge is 0.465 e. The van der Waals surface area contributed by atoms with E-state index in [0.717, 1.165) is 34.6 Å². The average Bonchev–Trinajstić information content (AvgIpc) is 3.32. The number of thiophene rings is 1. The fourth-order valence-corrected chi connectivity index (χ4v) is 6.09. The number of carbonyl (C=O) groups excluding carboxylic acids is 5. The van der Waals surface area contributed by atoms with Crippen LogP contribution in [0.3, 0.4) is 0 Å². The van der Waals surface area contributed by atoms with Crippen molar-refractivity contribution in [3.63, 3.8) is 0 Å². The van der Waals surface area contributed by atoms with Gasteiger partial charge < -0.3 is 14.8 Å². The van der Waals surface area contributed by atoms with E-state index in [2.05, 4.69) is 12.2 Å². The van der Waals surface area contributed by atoms with Gasteiger partial charge >= 0.3 is 11.9 Å². The molecule has 0 unspecified atom stereocenters. The lowest BCUT2D eigenvalue weighted by atomic mass is 9.88. The molecule has 0 radical (unpaired) electrons. The average molecular weight is 513 g/mol. The van der Waals surface area contributed by atoms with E-state index in [1.165, 1.54) is 30.6 Å². The van der Waals surface area contributed by atoms with Gasteiger partial charge in [0.1, 0.15) is 11.0 Å². The van der Waals surface area contributed by atoms with Gasteiger partial charge in [0.15, 0.2) is 6.61 Å². The SMILES string of the molecule is COC(=O)c1c(NC(=O)COC(=O)[C@H](C(C)C)N2C(=O)c3ccccc3C2=O)sc2c1CC[C@H](C)C2. The van der Waals surface area contributed by atoms with Crippen LogP contribution in [0.1, 0.15) is 68.7 Å². The molecule has 2 atom stereocenters. The highest BCUT2D eigenvalue weighted by Crippen LogP contribution is 2.40. The molecule has 4 rings (SSSR count). The van der Waals surface area contributed by atoms with E-state index in [0.29, 0.717) is 16.5 Å². The third kappa shape index (κ3) is 4.65. The monoisotopic (exact) mass is 512 g/mol. The number of benzene rings is 1. The molecule has 1 aliphatic carbocycles. The van der Waals surface area contributed by atoms with E-state index in [1.54, 1.807) is 26.0 Å². The normalized spacial score (nSPS) is 17.5. The number of nitrogens with zero attached hydrogens (tertiary/aromatic N) is 1. The van der Waals surface area contributed by atoms with Gasteiger partial charge in [-0.25, -0.2) is 9.59 Å². The first-order valence-corrected chi connectivity index (χ1v) is 12.6. The number of anilines is 1. The molecule has 2 aliphatic rings. The Labute approximate surface area is 212 Å². The number of amides is 3. The summed E-state index contributed by atoms with van der Waals surface area (Å²) in [7, 11) is 1.29. The Bertz CT molecular complexity index is 1210. The van der Waals surface area contributed by atoms with Crippen molar-refractivity contribution in [1.29, 1.82) is 0 Å². The molecule has 36 heavy (non-hydrogen) atoms. The van der Waals surface area contributed by atoms with Crippen LogP contribution in [0.15, 0.2) is 24.3 Å². The van der Waals surface area contributed by atoms with Crippen LogP contribution >= 0.6 is 11.3 Å². The maximum absolute atomic E-state index is 13.0. The van der Waals surface area contributed by atoms with Crippen LogP contribution in [0, 0.1) is 11.8 Å². The summed E-state index contributed by atoms with van der Waals surface area (Å²) in [5.74, 6) is -3.14. The van der Waals surface area contributed by atoms with Crippen LogP contribution in [0.2, 0.25) is 0 Å². The maximum Gasteiger partial charge on any atom is 0.341 e. The van der Waals surface area contributed by atoms with Gasteiger partial charge in [0, 0.05) is 4.88 Å². The van der Waals surface area contributed by atoms with Gasteiger partial charge in [-0.05, 0) is 48.8 Å². The number of fused-ring (bicyclic) bond motifs is 2. The lowest BCUT2D eigenvalue weighted by Crippen LogP contribution is -2.49. The first-order chi connectivity index (χ1) is 17.1. The molecule has 3 amide bonds. The molecule has 1 aromatic carbocycles. The highest BCUT2D eigenvalue weighted by Gasteiger charge is 2.44. The Hall–Kier alpha value is -3.53. The summed E-state index contributed by atoms with van der Waals surface area (Å²) < 4.78 is 10.2. The van der Waals surface area contributed by atoms with Gasteiger partial charge in [-0.1, -0.05) is 32.9 Å². The van der Waals surface area contributed by atoms with Crippen LogP contribution in [-0.4, -0.2) is 54.3 Å². The van der Waals surface area contributed by atoms with E-state index in [4.69, 9.17) is 9.47 Å². The molecular formula is C26H28N2O7S. The standard InChI is InChI=1S/C26H28N2O7S/c1-13(2)21(28-23(30)15-7-5-6-8-16(15)24(28)31)26(33)35-12-19(29)27-22-20(25(32)34-4)17-10-9-14(3)11-18(17)36-22/h5-8,13-14,21H,9-12H2,1-4H3,(H,27,29)/t14-,21-/m0/s1. The number of carbonyl (C=O) groups is 5. The minimum absolute atomic E-state index is 0.227. The van der Waals surface area contributed by atoms with Crippen molar-refractivity contribution in [3.05, 3.63) is 51.4 Å². The number of hydrogen-bond acceptors (Lipinski definition) is 8. The van der Waals surface area contributed by atoms with Crippen LogP contribution in [0.25, 0.3) is 0 Å². The first kappa shape index (κ1) is 25.6. The van der Waals surface area contributed by atoms with Crippen molar-refractivity contribution in [3.8, 4) is 0 Å². The number of rotatable bonds is 7. The summed E-state index contributed by atoms with van der Waals surface area (Å²) >= 11 is 1.33. The van der Waals surface area contributed by atoms with Crippen molar-refractivity contribution in [1.82, 2.24) is 4.90 Å². The Morgan fingerprint density at radius 2 is 1.78 bits per heavy atom. The van der Waals surface area contributed by atoms with E-state index in [9.17, 15) is 24.0 Å². The smallest absolute Gasteiger partial charge is 0.341 e. The Kier molecular flexibility index (Phi) is 7.26.